The van der Waals surface area contributed by atoms with Gasteiger partial charge in [-0.1, -0.05) is 274 Å². The number of halogens is 5. The molecule has 436 valence electrons. The van der Waals surface area contributed by atoms with Crippen LogP contribution in [-0.2, 0) is 32.5 Å². The van der Waals surface area contributed by atoms with Crippen LogP contribution in [0.4, 0.5) is 33.3 Å². The summed E-state index contributed by atoms with van der Waals surface area (Å²) in [5, 5.41) is 21.3. The molecule has 0 N–H and O–H groups in total. The van der Waals surface area contributed by atoms with Gasteiger partial charge in [0, 0.05) is 17.2 Å². The number of rotatable bonds is 2. The topological polar surface area (TPSA) is 86.3 Å². The minimum atomic E-state index is -2.13. The third-order valence-electron chi connectivity index (χ3n) is 11.5. The van der Waals surface area contributed by atoms with Crippen LogP contribution in [0.3, 0.4) is 0 Å². The van der Waals surface area contributed by atoms with Gasteiger partial charge in [-0.2, -0.15) is 0 Å². The first-order valence-corrected chi connectivity index (χ1v) is 24.7. The SMILES string of the molecule is C.C.C.C.CC(C)(C)c1c(F)c(F)c(F)c(F)c1F.CC(C)(C)c1ccc([N+](=O)[O-])cc1[N+](=O)[O-].CC(C)(C)c1ccccc1.Cc1ccc(C(C)(C)C)cc1.Cc1ccc(C(C)(C)C)cc1.Cc1ccc(C(C)(C)C)cc1. The van der Waals surface area contributed by atoms with Crippen LogP contribution in [0.1, 0.15) is 204 Å². The number of benzene rings is 6. The molecule has 0 fully saturated rings. The van der Waals surface area contributed by atoms with E-state index in [1.807, 2.05) is 20.8 Å². The van der Waals surface area contributed by atoms with Crippen molar-refractivity contribution >= 4 is 11.4 Å². The Morgan fingerprint density at radius 1 is 0.333 bits per heavy atom. The number of hydrogen-bond donors (Lipinski definition) is 0. The first-order chi connectivity index (χ1) is 33.5. The first-order valence-electron chi connectivity index (χ1n) is 24.7. The number of hydrogen-bond acceptors (Lipinski definition) is 4. The van der Waals surface area contributed by atoms with Gasteiger partial charge in [0.25, 0.3) is 11.4 Å². The summed E-state index contributed by atoms with van der Waals surface area (Å²) in [5.74, 6) is -9.46. The van der Waals surface area contributed by atoms with E-state index in [1.54, 1.807) is 0 Å². The van der Waals surface area contributed by atoms with E-state index in [0.29, 0.717) is 11.0 Å². The summed E-state index contributed by atoms with van der Waals surface area (Å²) < 4.78 is 64.6. The average molecular weight is 1090 g/mol. The van der Waals surface area contributed by atoms with Crippen LogP contribution < -0.4 is 0 Å². The quantitative estimate of drug-likeness (QED) is 0.0568. The van der Waals surface area contributed by atoms with E-state index >= 15 is 0 Å². The minimum absolute atomic E-state index is 0. The molecule has 11 heteroatoms. The molecule has 0 bridgehead atoms. The van der Waals surface area contributed by atoms with E-state index < -0.39 is 55.3 Å². The summed E-state index contributed by atoms with van der Waals surface area (Å²) in [7, 11) is 0. The van der Waals surface area contributed by atoms with Gasteiger partial charge in [-0.3, -0.25) is 20.2 Å². The van der Waals surface area contributed by atoms with E-state index in [9.17, 15) is 42.2 Å². The van der Waals surface area contributed by atoms with Crippen LogP contribution in [0.2, 0.25) is 0 Å². The Bertz CT molecular complexity index is 2550. The van der Waals surface area contributed by atoms with Crippen molar-refractivity contribution in [1.29, 1.82) is 0 Å². The van der Waals surface area contributed by atoms with Crippen molar-refractivity contribution in [2.45, 2.75) is 208 Å². The zero-order valence-corrected chi connectivity index (χ0v) is 48.0. The molecule has 0 atom stereocenters. The summed E-state index contributed by atoms with van der Waals surface area (Å²) >= 11 is 0. The molecule has 0 unspecified atom stereocenters. The van der Waals surface area contributed by atoms with Crippen LogP contribution in [0, 0.1) is 70.1 Å². The van der Waals surface area contributed by atoms with Gasteiger partial charge in [-0.15, -0.1) is 0 Å². The van der Waals surface area contributed by atoms with Crippen LogP contribution in [-0.4, -0.2) is 9.85 Å². The molecule has 6 aromatic carbocycles. The average Bonchev–Trinajstić information content (AvgIpc) is 3.27. The second-order valence-corrected chi connectivity index (χ2v) is 24.6. The van der Waals surface area contributed by atoms with Gasteiger partial charge < -0.3 is 0 Å². The zero-order chi connectivity index (χ0) is 57.5. The Labute approximate surface area is 469 Å². The largest absolute Gasteiger partial charge is 0.279 e. The van der Waals surface area contributed by atoms with Crippen molar-refractivity contribution in [1.82, 2.24) is 0 Å². The smallest absolute Gasteiger partial charge is 0.258 e. The summed E-state index contributed by atoms with van der Waals surface area (Å²) in [6.07, 6.45) is 0. The second kappa shape index (κ2) is 32.0. The van der Waals surface area contributed by atoms with Crippen molar-refractivity contribution in [2.24, 2.45) is 0 Å². The first kappa shape index (κ1) is 78.3. The van der Waals surface area contributed by atoms with Crippen LogP contribution >= 0.6 is 0 Å². The maximum absolute atomic E-state index is 13.2. The lowest BCUT2D eigenvalue weighted by Crippen LogP contribution is -2.20. The fraction of sp³-hybridized carbons (Fsp3) is 0.463. The molecule has 0 saturated carbocycles. The molecule has 0 spiro atoms. The molecular formula is C67H99F5N2O4. The highest BCUT2D eigenvalue weighted by molar-refractivity contribution is 5.51. The van der Waals surface area contributed by atoms with Gasteiger partial charge in [0.15, 0.2) is 23.3 Å². The third kappa shape index (κ3) is 25.9. The van der Waals surface area contributed by atoms with Crippen molar-refractivity contribution in [2.75, 3.05) is 0 Å². The van der Waals surface area contributed by atoms with Crippen LogP contribution in [0.25, 0.3) is 0 Å². The van der Waals surface area contributed by atoms with Gasteiger partial charge >= 0.3 is 0 Å². The summed E-state index contributed by atoms with van der Waals surface area (Å²) in [4.78, 5) is 20.1. The minimum Gasteiger partial charge on any atom is -0.258 e. The lowest BCUT2D eigenvalue weighted by Gasteiger charge is -2.21. The highest BCUT2D eigenvalue weighted by Crippen LogP contribution is 2.35. The molecule has 6 aromatic rings. The van der Waals surface area contributed by atoms with Crippen molar-refractivity contribution in [3.8, 4) is 0 Å². The van der Waals surface area contributed by atoms with Crippen molar-refractivity contribution in [3.63, 3.8) is 0 Å². The second-order valence-electron chi connectivity index (χ2n) is 24.6. The molecular weight excluding hydrogens is 992 g/mol. The standard InChI is InChI=1S/3C11H16.C10H9F5.C10H12N2O4.C10H14.4CH4/c3*1-9-5-7-10(8-6-9)11(2,3)4;1-10(2,3)4-5(11)7(13)9(15)8(14)6(4)12;1-10(2,3)8-5-4-7(11(13)14)6-9(8)12(15)16;1-10(2,3)9-7-5-4-6-8-9;;;;/h3*5-8H,1-4H3;1-3H3;4-6H,1-3H3;4-8H,1-3H3;4*1H4. The predicted molar refractivity (Wildman–Crippen MR) is 325 cm³/mol. The lowest BCUT2D eigenvalue weighted by atomic mass is 9.86. The molecule has 0 aliphatic carbocycles. The van der Waals surface area contributed by atoms with Gasteiger partial charge in [-0.25, -0.2) is 22.0 Å². The maximum Gasteiger partial charge on any atom is 0.279 e. The Morgan fingerprint density at radius 3 is 0.821 bits per heavy atom. The molecule has 0 saturated heterocycles. The Hall–Kier alpha value is -6.23. The number of non-ortho nitro benzene ring substituents is 1. The molecule has 0 radical (unpaired) electrons. The summed E-state index contributed by atoms with van der Waals surface area (Å²) in [5.41, 5.74) is 8.42. The molecule has 0 aliphatic rings. The number of nitrogens with zero attached hydrogens (tertiary/aromatic N) is 2. The van der Waals surface area contributed by atoms with E-state index in [2.05, 4.69) is 207 Å². The van der Waals surface area contributed by atoms with Gasteiger partial charge in [0.2, 0.25) is 5.82 Å². The third-order valence-corrected chi connectivity index (χ3v) is 11.5. The monoisotopic (exact) mass is 1090 g/mol. The fourth-order valence-electron chi connectivity index (χ4n) is 6.78. The van der Waals surface area contributed by atoms with E-state index in [-0.39, 0.29) is 57.3 Å². The normalized spacial score (nSPS) is 11.0. The van der Waals surface area contributed by atoms with Gasteiger partial charge in [0.1, 0.15) is 0 Å². The van der Waals surface area contributed by atoms with Crippen LogP contribution in [0.15, 0.2) is 121 Å². The highest BCUT2D eigenvalue weighted by Gasteiger charge is 2.32. The Balaban J connectivity index is -0.000000420. The lowest BCUT2D eigenvalue weighted by molar-refractivity contribution is -0.394. The fourth-order valence-corrected chi connectivity index (χ4v) is 6.78. The van der Waals surface area contributed by atoms with E-state index in [1.165, 1.54) is 71.8 Å². The van der Waals surface area contributed by atoms with E-state index in [4.69, 9.17) is 0 Å². The summed E-state index contributed by atoms with van der Waals surface area (Å²) in [6.45, 7) is 42.7. The summed E-state index contributed by atoms with van der Waals surface area (Å²) in [6, 6.07) is 40.5. The molecule has 0 amide bonds. The Morgan fingerprint density at radius 2 is 0.603 bits per heavy atom. The molecule has 0 heterocycles. The van der Waals surface area contributed by atoms with Gasteiger partial charge in [-0.05, 0) is 81.6 Å². The highest BCUT2D eigenvalue weighted by atomic mass is 19.2. The zero-order valence-electron chi connectivity index (χ0n) is 48.0. The van der Waals surface area contributed by atoms with Gasteiger partial charge in [0.05, 0.1) is 15.9 Å². The number of nitro groups is 2. The van der Waals surface area contributed by atoms with Crippen molar-refractivity contribution < 1.29 is 31.8 Å². The predicted octanol–water partition coefficient (Wildman–Crippen LogP) is 21.9. The molecule has 6 rings (SSSR count). The van der Waals surface area contributed by atoms with Crippen LogP contribution in [0.5, 0.6) is 0 Å². The maximum atomic E-state index is 13.2. The number of nitro benzene ring substituents is 2. The van der Waals surface area contributed by atoms with E-state index in [0.717, 1.165) is 6.07 Å². The van der Waals surface area contributed by atoms with Crippen molar-refractivity contribution in [3.05, 3.63) is 221 Å². The Kier molecular flexibility index (Phi) is 32.1. The molecule has 6 nitrogen and oxygen atoms in total. The molecule has 78 heavy (non-hydrogen) atoms. The molecule has 0 aromatic heterocycles. The number of aryl methyl sites for hydroxylation is 3. The molecule has 0 aliphatic heterocycles.